The number of nitrogens with zero attached hydrogens (tertiary/aromatic N) is 1. The number of pyridine rings is 1. The molecule has 0 saturated heterocycles. The summed E-state index contributed by atoms with van der Waals surface area (Å²) in [6.45, 7) is 6.68. The van der Waals surface area contributed by atoms with Crippen molar-refractivity contribution in [3.8, 4) is 0 Å². The first-order valence-corrected chi connectivity index (χ1v) is 7.44. The molecule has 20 heavy (non-hydrogen) atoms. The molecule has 1 N–H and O–H groups in total. The van der Waals surface area contributed by atoms with Gasteiger partial charge in [0, 0.05) is 17.9 Å². The molecule has 1 heterocycles. The van der Waals surface area contributed by atoms with Crippen molar-refractivity contribution in [2.45, 2.75) is 27.2 Å². The summed E-state index contributed by atoms with van der Waals surface area (Å²) in [5, 5.41) is 3.29. The molecule has 0 unspecified atom stereocenters. The molecule has 108 valence electrons. The molecule has 0 amide bonds. The predicted octanol–water partition coefficient (Wildman–Crippen LogP) is 4.91. The van der Waals surface area contributed by atoms with Crippen LogP contribution in [0.15, 0.2) is 16.6 Å². The smallest absolute Gasteiger partial charge is 0.150 e. The number of rotatable bonds is 4. The van der Waals surface area contributed by atoms with E-state index in [1.54, 1.807) is 6.07 Å². The summed E-state index contributed by atoms with van der Waals surface area (Å²) in [7, 11) is 0. The van der Waals surface area contributed by atoms with Crippen LogP contribution in [0.5, 0.6) is 0 Å². The molecule has 0 aliphatic heterocycles. The van der Waals surface area contributed by atoms with E-state index in [-0.39, 0.29) is 15.4 Å². The van der Waals surface area contributed by atoms with Crippen molar-refractivity contribution in [1.82, 2.24) is 4.98 Å². The molecule has 2 rings (SSSR count). The second kappa shape index (κ2) is 6.04. The molecule has 0 saturated carbocycles. The lowest BCUT2D eigenvalue weighted by atomic mass is 10.0. The van der Waals surface area contributed by atoms with Gasteiger partial charge in [-0.05, 0) is 47.3 Å². The molecule has 0 atom stereocenters. The number of fused-ring (bicyclic) bond motifs is 1. The van der Waals surface area contributed by atoms with Crippen LogP contribution in [0.1, 0.15) is 26.5 Å². The molecule has 1 aromatic heterocycles. The Kier molecular flexibility index (Phi) is 4.58. The topological polar surface area (TPSA) is 24.9 Å². The van der Waals surface area contributed by atoms with E-state index >= 15 is 0 Å². The van der Waals surface area contributed by atoms with Crippen LogP contribution >= 0.6 is 15.9 Å². The second-order valence-corrected chi connectivity index (χ2v) is 6.02. The van der Waals surface area contributed by atoms with Gasteiger partial charge in [-0.15, -0.1) is 0 Å². The van der Waals surface area contributed by atoms with Crippen LogP contribution in [0, 0.1) is 17.6 Å². The highest BCUT2D eigenvalue weighted by Crippen LogP contribution is 2.32. The Morgan fingerprint density at radius 2 is 2.00 bits per heavy atom. The molecule has 2 aromatic rings. The highest BCUT2D eigenvalue weighted by Gasteiger charge is 2.17. The van der Waals surface area contributed by atoms with Crippen molar-refractivity contribution < 1.29 is 8.78 Å². The maximum absolute atomic E-state index is 14.3. The van der Waals surface area contributed by atoms with Gasteiger partial charge < -0.3 is 5.32 Å². The number of hydrogen-bond donors (Lipinski definition) is 1. The van der Waals surface area contributed by atoms with Crippen molar-refractivity contribution >= 4 is 32.5 Å². The Morgan fingerprint density at radius 3 is 2.60 bits per heavy atom. The van der Waals surface area contributed by atoms with Gasteiger partial charge >= 0.3 is 0 Å². The standard InChI is InChI=1S/C15H17BrF2N2/c1-4-19-12-6-9(5-8(2)3)20-15-11(17)7-10(16)14(18)13(12)15/h6-8H,4-5H2,1-3H3,(H,19,20). The average Bonchev–Trinajstić information content (AvgIpc) is 2.35. The molecule has 0 aliphatic rings. The number of nitrogens with one attached hydrogen (secondary N) is 1. The number of aromatic nitrogens is 1. The van der Waals surface area contributed by atoms with Gasteiger partial charge in [0.2, 0.25) is 0 Å². The van der Waals surface area contributed by atoms with E-state index in [0.717, 1.165) is 18.2 Å². The quantitative estimate of drug-likeness (QED) is 0.799. The summed E-state index contributed by atoms with van der Waals surface area (Å²) in [6.07, 6.45) is 0.728. The molecule has 1 aromatic carbocycles. The maximum Gasteiger partial charge on any atom is 0.150 e. The minimum atomic E-state index is -0.516. The molecule has 0 bridgehead atoms. The molecule has 0 spiro atoms. The highest BCUT2D eigenvalue weighted by atomic mass is 79.9. The largest absolute Gasteiger partial charge is 0.385 e. The second-order valence-electron chi connectivity index (χ2n) is 5.17. The lowest BCUT2D eigenvalue weighted by molar-refractivity contribution is 0.606. The third kappa shape index (κ3) is 2.92. The zero-order valence-corrected chi connectivity index (χ0v) is 13.3. The number of anilines is 1. The molecular formula is C15H17BrF2N2. The summed E-state index contributed by atoms with van der Waals surface area (Å²) < 4.78 is 28.5. The number of hydrogen-bond acceptors (Lipinski definition) is 2. The van der Waals surface area contributed by atoms with Gasteiger partial charge in [0.15, 0.2) is 5.82 Å². The Labute approximate surface area is 125 Å². The SMILES string of the molecule is CCNc1cc(CC(C)C)nc2c(F)cc(Br)c(F)c12. The minimum Gasteiger partial charge on any atom is -0.385 e. The van der Waals surface area contributed by atoms with Crippen molar-refractivity contribution in [2.24, 2.45) is 5.92 Å². The van der Waals surface area contributed by atoms with Crippen molar-refractivity contribution in [3.05, 3.63) is 33.9 Å². The van der Waals surface area contributed by atoms with Gasteiger partial charge in [-0.2, -0.15) is 0 Å². The Balaban J connectivity index is 2.74. The molecule has 0 radical (unpaired) electrons. The fourth-order valence-electron chi connectivity index (χ4n) is 2.21. The van der Waals surface area contributed by atoms with Crippen LogP contribution in [0.2, 0.25) is 0 Å². The zero-order valence-electron chi connectivity index (χ0n) is 11.7. The van der Waals surface area contributed by atoms with Crippen LogP contribution in [0.25, 0.3) is 10.9 Å². The third-order valence-electron chi connectivity index (χ3n) is 2.97. The van der Waals surface area contributed by atoms with Crippen LogP contribution in [0.3, 0.4) is 0 Å². The Morgan fingerprint density at radius 1 is 1.30 bits per heavy atom. The minimum absolute atomic E-state index is 0.0831. The summed E-state index contributed by atoms with van der Waals surface area (Å²) in [5.74, 6) is -0.600. The van der Waals surface area contributed by atoms with E-state index in [0.29, 0.717) is 18.2 Å². The maximum atomic E-state index is 14.3. The summed E-state index contributed by atoms with van der Waals surface area (Å²) in [4.78, 5) is 4.28. The van der Waals surface area contributed by atoms with Crippen molar-refractivity contribution in [3.63, 3.8) is 0 Å². The normalized spacial score (nSPS) is 11.3. The fraction of sp³-hybridized carbons (Fsp3) is 0.400. The Hall–Kier alpha value is -1.23. The van der Waals surface area contributed by atoms with Gasteiger partial charge in [-0.3, -0.25) is 0 Å². The van der Waals surface area contributed by atoms with E-state index in [9.17, 15) is 8.78 Å². The molecule has 5 heteroatoms. The first-order valence-electron chi connectivity index (χ1n) is 6.65. The van der Waals surface area contributed by atoms with Crippen LogP contribution < -0.4 is 5.32 Å². The lowest BCUT2D eigenvalue weighted by Crippen LogP contribution is -2.05. The van der Waals surface area contributed by atoms with E-state index in [2.05, 4.69) is 40.1 Å². The van der Waals surface area contributed by atoms with Gasteiger partial charge in [-0.1, -0.05) is 13.8 Å². The number of halogens is 3. The third-order valence-corrected chi connectivity index (χ3v) is 3.54. The first-order chi connectivity index (χ1) is 9.43. The lowest BCUT2D eigenvalue weighted by Gasteiger charge is -2.13. The summed E-state index contributed by atoms with van der Waals surface area (Å²) >= 11 is 3.04. The van der Waals surface area contributed by atoms with Crippen molar-refractivity contribution in [2.75, 3.05) is 11.9 Å². The zero-order chi connectivity index (χ0) is 14.9. The van der Waals surface area contributed by atoms with E-state index in [4.69, 9.17) is 0 Å². The van der Waals surface area contributed by atoms with Gasteiger partial charge in [0.25, 0.3) is 0 Å². The molecule has 0 aliphatic carbocycles. The van der Waals surface area contributed by atoms with Gasteiger partial charge in [-0.25, -0.2) is 13.8 Å². The van der Waals surface area contributed by atoms with E-state index in [1.165, 1.54) is 0 Å². The van der Waals surface area contributed by atoms with Crippen LogP contribution in [-0.4, -0.2) is 11.5 Å². The molecular weight excluding hydrogens is 326 g/mol. The Bertz CT molecular complexity index is 642. The molecule has 0 fully saturated rings. The van der Waals surface area contributed by atoms with E-state index < -0.39 is 11.6 Å². The fourth-order valence-corrected chi connectivity index (χ4v) is 2.61. The monoisotopic (exact) mass is 342 g/mol. The van der Waals surface area contributed by atoms with Gasteiger partial charge in [0.05, 0.1) is 9.86 Å². The van der Waals surface area contributed by atoms with Crippen molar-refractivity contribution in [1.29, 1.82) is 0 Å². The summed E-state index contributed by atoms with van der Waals surface area (Å²) in [6, 6.07) is 2.93. The van der Waals surface area contributed by atoms with E-state index in [1.807, 2.05) is 6.92 Å². The van der Waals surface area contributed by atoms with Gasteiger partial charge in [0.1, 0.15) is 11.3 Å². The van der Waals surface area contributed by atoms with Crippen LogP contribution in [0.4, 0.5) is 14.5 Å². The van der Waals surface area contributed by atoms with Crippen LogP contribution in [-0.2, 0) is 6.42 Å². The highest BCUT2D eigenvalue weighted by molar-refractivity contribution is 9.10. The number of benzene rings is 1. The first kappa shape index (κ1) is 15.2. The summed E-state index contributed by atoms with van der Waals surface area (Å²) in [5.41, 5.74) is 1.44. The molecule has 2 nitrogen and oxygen atoms in total. The average molecular weight is 343 g/mol. The predicted molar refractivity (Wildman–Crippen MR) is 82.1 cm³/mol.